The summed E-state index contributed by atoms with van der Waals surface area (Å²) in [6, 6.07) is 12.5. The van der Waals surface area contributed by atoms with Crippen molar-refractivity contribution < 1.29 is 9.90 Å². The molecule has 0 saturated carbocycles. The Hall–Kier alpha value is -2.49. The lowest BCUT2D eigenvalue weighted by Crippen LogP contribution is -2.05. The predicted molar refractivity (Wildman–Crippen MR) is 72.3 cm³/mol. The SMILES string of the molecule is Cc1ccc(Nc2c(N)cccc2C(=O)O)cc1. The third kappa shape index (κ3) is 2.43. The molecule has 0 aliphatic heterocycles. The molecular formula is C14H14N2O2. The second-order valence-electron chi connectivity index (χ2n) is 4.07. The van der Waals surface area contributed by atoms with E-state index in [1.54, 1.807) is 12.1 Å². The Morgan fingerprint density at radius 1 is 1.17 bits per heavy atom. The molecule has 0 fully saturated rings. The van der Waals surface area contributed by atoms with E-state index in [0.717, 1.165) is 11.3 Å². The van der Waals surface area contributed by atoms with Gasteiger partial charge in [0.1, 0.15) is 0 Å². The fourth-order valence-corrected chi connectivity index (χ4v) is 1.67. The van der Waals surface area contributed by atoms with Crippen LogP contribution in [-0.4, -0.2) is 11.1 Å². The summed E-state index contributed by atoms with van der Waals surface area (Å²) in [6.45, 7) is 1.99. The van der Waals surface area contributed by atoms with Crippen molar-refractivity contribution >= 4 is 23.0 Å². The lowest BCUT2D eigenvalue weighted by atomic mass is 10.1. The van der Waals surface area contributed by atoms with E-state index < -0.39 is 5.97 Å². The second-order valence-corrected chi connectivity index (χ2v) is 4.07. The standard InChI is InChI=1S/C14H14N2O2/c1-9-5-7-10(8-6-9)16-13-11(14(17)18)3-2-4-12(13)15/h2-8,16H,15H2,1H3,(H,17,18). The normalized spacial score (nSPS) is 10.1. The quantitative estimate of drug-likeness (QED) is 0.723. The van der Waals surface area contributed by atoms with Crippen LogP contribution in [0.25, 0.3) is 0 Å². The summed E-state index contributed by atoms with van der Waals surface area (Å²) in [5.41, 5.74) is 8.76. The largest absolute Gasteiger partial charge is 0.478 e. The van der Waals surface area contributed by atoms with E-state index >= 15 is 0 Å². The van der Waals surface area contributed by atoms with Crippen LogP contribution in [0.15, 0.2) is 42.5 Å². The zero-order valence-corrected chi connectivity index (χ0v) is 9.97. The van der Waals surface area contributed by atoms with Gasteiger partial charge in [0.2, 0.25) is 0 Å². The highest BCUT2D eigenvalue weighted by molar-refractivity contribution is 5.98. The topological polar surface area (TPSA) is 75.3 Å². The van der Waals surface area contributed by atoms with Crippen LogP contribution >= 0.6 is 0 Å². The maximum atomic E-state index is 11.1. The Morgan fingerprint density at radius 2 is 1.83 bits per heavy atom. The number of anilines is 3. The van der Waals surface area contributed by atoms with Crippen molar-refractivity contribution in [2.75, 3.05) is 11.1 Å². The number of carboxylic acids is 1. The minimum atomic E-state index is -1.00. The minimum Gasteiger partial charge on any atom is -0.478 e. The number of nitrogens with two attached hydrogens (primary N) is 1. The molecule has 0 spiro atoms. The molecule has 0 atom stereocenters. The Kier molecular flexibility index (Phi) is 3.19. The highest BCUT2D eigenvalue weighted by Crippen LogP contribution is 2.27. The molecule has 0 bridgehead atoms. The second kappa shape index (κ2) is 4.79. The Labute approximate surface area is 105 Å². The van der Waals surface area contributed by atoms with Crippen molar-refractivity contribution in [2.45, 2.75) is 6.92 Å². The van der Waals surface area contributed by atoms with Crippen molar-refractivity contribution in [3.05, 3.63) is 53.6 Å². The highest BCUT2D eigenvalue weighted by Gasteiger charge is 2.12. The average Bonchev–Trinajstić information content (AvgIpc) is 2.34. The van der Waals surface area contributed by atoms with Crippen LogP contribution in [0, 0.1) is 6.92 Å². The van der Waals surface area contributed by atoms with Crippen LogP contribution in [0.1, 0.15) is 15.9 Å². The summed E-state index contributed by atoms with van der Waals surface area (Å²) in [4.78, 5) is 11.1. The first-order valence-electron chi connectivity index (χ1n) is 5.53. The van der Waals surface area contributed by atoms with Crippen LogP contribution in [0.5, 0.6) is 0 Å². The van der Waals surface area contributed by atoms with E-state index in [9.17, 15) is 4.79 Å². The van der Waals surface area contributed by atoms with Gasteiger partial charge in [0.25, 0.3) is 0 Å². The molecule has 0 saturated heterocycles. The van der Waals surface area contributed by atoms with E-state index in [1.807, 2.05) is 31.2 Å². The maximum absolute atomic E-state index is 11.1. The summed E-state index contributed by atoms with van der Waals surface area (Å²) in [6.07, 6.45) is 0. The highest BCUT2D eigenvalue weighted by atomic mass is 16.4. The maximum Gasteiger partial charge on any atom is 0.337 e. The van der Waals surface area contributed by atoms with Gasteiger partial charge in [-0.25, -0.2) is 4.79 Å². The number of aromatic carboxylic acids is 1. The van der Waals surface area contributed by atoms with E-state index in [0.29, 0.717) is 11.4 Å². The van der Waals surface area contributed by atoms with Crippen LogP contribution in [0.2, 0.25) is 0 Å². The number of nitrogens with one attached hydrogen (secondary N) is 1. The number of aryl methyl sites for hydroxylation is 1. The molecule has 0 aromatic heterocycles. The number of carbonyl (C=O) groups is 1. The van der Waals surface area contributed by atoms with Gasteiger partial charge in [-0.15, -0.1) is 0 Å². The zero-order valence-electron chi connectivity index (χ0n) is 9.97. The molecule has 4 N–H and O–H groups in total. The molecule has 18 heavy (non-hydrogen) atoms. The first-order valence-corrected chi connectivity index (χ1v) is 5.53. The van der Waals surface area contributed by atoms with Gasteiger partial charge in [-0.1, -0.05) is 23.8 Å². The van der Waals surface area contributed by atoms with Crippen molar-refractivity contribution in [1.82, 2.24) is 0 Å². The molecule has 0 aliphatic carbocycles. The molecule has 0 unspecified atom stereocenters. The predicted octanol–water partition coefficient (Wildman–Crippen LogP) is 3.02. The van der Waals surface area contributed by atoms with Gasteiger partial charge < -0.3 is 16.2 Å². The summed E-state index contributed by atoms with van der Waals surface area (Å²) in [5.74, 6) is -1.00. The zero-order chi connectivity index (χ0) is 13.1. The number of rotatable bonds is 3. The van der Waals surface area contributed by atoms with Gasteiger partial charge >= 0.3 is 5.97 Å². The van der Waals surface area contributed by atoms with Gasteiger partial charge in [0.05, 0.1) is 16.9 Å². The molecule has 2 rings (SSSR count). The number of para-hydroxylation sites is 1. The van der Waals surface area contributed by atoms with E-state index in [2.05, 4.69) is 5.32 Å². The molecule has 4 nitrogen and oxygen atoms in total. The smallest absolute Gasteiger partial charge is 0.337 e. The lowest BCUT2D eigenvalue weighted by molar-refractivity contribution is 0.0698. The van der Waals surface area contributed by atoms with Gasteiger partial charge in [0, 0.05) is 5.69 Å². The van der Waals surface area contributed by atoms with Gasteiger partial charge in [-0.3, -0.25) is 0 Å². The monoisotopic (exact) mass is 242 g/mol. The molecule has 0 radical (unpaired) electrons. The number of benzene rings is 2. The number of hydrogen-bond acceptors (Lipinski definition) is 3. The fraction of sp³-hybridized carbons (Fsp3) is 0.0714. The number of carboxylic acid groups (broad SMARTS) is 1. The van der Waals surface area contributed by atoms with Crippen LogP contribution in [-0.2, 0) is 0 Å². The minimum absolute atomic E-state index is 0.163. The van der Waals surface area contributed by atoms with Crippen LogP contribution in [0.4, 0.5) is 17.1 Å². The van der Waals surface area contributed by atoms with Crippen LogP contribution in [0.3, 0.4) is 0 Å². The first kappa shape index (κ1) is 12.0. The van der Waals surface area contributed by atoms with Gasteiger partial charge in [-0.05, 0) is 31.2 Å². The average molecular weight is 242 g/mol. The Balaban J connectivity index is 2.39. The van der Waals surface area contributed by atoms with Crippen molar-refractivity contribution in [3.63, 3.8) is 0 Å². The summed E-state index contributed by atoms with van der Waals surface area (Å²) < 4.78 is 0. The summed E-state index contributed by atoms with van der Waals surface area (Å²) in [7, 11) is 0. The molecule has 2 aromatic rings. The Bertz CT molecular complexity index is 577. The number of nitrogen functional groups attached to an aromatic ring is 1. The van der Waals surface area contributed by atoms with E-state index in [-0.39, 0.29) is 5.56 Å². The lowest BCUT2D eigenvalue weighted by Gasteiger charge is -2.12. The first-order chi connectivity index (χ1) is 8.58. The molecule has 92 valence electrons. The molecule has 0 aliphatic rings. The van der Waals surface area contributed by atoms with Gasteiger partial charge in [-0.2, -0.15) is 0 Å². The summed E-state index contributed by atoms with van der Waals surface area (Å²) in [5, 5.41) is 12.2. The Morgan fingerprint density at radius 3 is 2.44 bits per heavy atom. The molecule has 0 heterocycles. The molecule has 4 heteroatoms. The molecular weight excluding hydrogens is 228 g/mol. The van der Waals surface area contributed by atoms with Crippen molar-refractivity contribution in [1.29, 1.82) is 0 Å². The number of hydrogen-bond donors (Lipinski definition) is 3. The van der Waals surface area contributed by atoms with Crippen LogP contribution < -0.4 is 11.1 Å². The third-order valence-electron chi connectivity index (χ3n) is 2.65. The van der Waals surface area contributed by atoms with E-state index in [4.69, 9.17) is 10.8 Å². The van der Waals surface area contributed by atoms with Gasteiger partial charge in [0.15, 0.2) is 0 Å². The van der Waals surface area contributed by atoms with Crippen molar-refractivity contribution in [2.24, 2.45) is 0 Å². The molecule has 2 aromatic carbocycles. The summed E-state index contributed by atoms with van der Waals surface area (Å²) >= 11 is 0. The van der Waals surface area contributed by atoms with E-state index in [1.165, 1.54) is 6.07 Å². The third-order valence-corrected chi connectivity index (χ3v) is 2.65. The molecule has 0 amide bonds. The van der Waals surface area contributed by atoms with Crippen molar-refractivity contribution in [3.8, 4) is 0 Å². The fourth-order valence-electron chi connectivity index (χ4n) is 1.67.